The summed E-state index contributed by atoms with van der Waals surface area (Å²) in [5, 5.41) is 1.74. The number of hydrogen-bond donors (Lipinski definition) is 0. The molecule has 0 bridgehead atoms. The van der Waals surface area contributed by atoms with Crippen LogP contribution >= 0.6 is 0 Å². The van der Waals surface area contributed by atoms with E-state index in [-0.39, 0.29) is 18.0 Å². The third-order valence-corrected chi connectivity index (χ3v) is 3.68. The molecule has 0 aromatic carbocycles. The summed E-state index contributed by atoms with van der Waals surface area (Å²) in [7, 11) is 3.63. The van der Waals surface area contributed by atoms with Crippen LogP contribution in [0.25, 0.3) is 0 Å². The number of hydrogen-bond acceptors (Lipinski definition) is 5. The molecule has 0 aromatic rings. The number of carbonyl (C=O) groups is 1. The molecule has 5 heteroatoms. The van der Waals surface area contributed by atoms with E-state index < -0.39 is 0 Å². The number of Topliss-reactive ketones (excluding diaryl/α,β-unsaturated/α-hetero) is 1. The summed E-state index contributed by atoms with van der Waals surface area (Å²) in [6, 6.07) is 0.205. The second-order valence-electron chi connectivity index (χ2n) is 4.92. The Hall–Kier alpha value is -1.46. The summed E-state index contributed by atoms with van der Waals surface area (Å²) >= 11 is 0. The second kappa shape index (κ2) is 4.33. The van der Waals surface area contributed by atoms with Crippen molar-refractivity contribution in [2.75, 3.05) is 20.7 Å². The van der Waals surface area contributed by atoms with Gasteiger partial charge in [0.2, 0.25) is 0 Å². The highest BCUT2D eigenvalue weighted by atomic mass is 16.7. The molecule has 2 atom stereocenters. The van der Waals surface area contributed by atoms with Crippen LogP contribution in [0, 0.1) is 0 Å². The Morgan fingerprint density at radius 1 is 1.50 bits per heavy atom. The first-order chi connectivity index (χ1) is 8.70. The van der Waals surface area contributed by atoms with Gasteiger partial charge in [-0.15, -0.1) is 0 Å². The third-order valence-electron chi connectivity index (χ3n) is 3.68. The van der Waals surface area contributed by atoms with E-state index in [0.29, 0.717) is 13.0 Å². The highest BCUT2D eigenvalue weighted by molar-refractivity contribution is 5.85. The van der Waals surface area contributed by atoms with Crippen LogP contribution in [0.2, 0.25) is 0 Å². The van der Waals surface area contributed by atoms with Gasteiger partial charge in [0.1, 0.15) is 0 Å². The zero-order valence-electron chi connectivity index (χ0n) is 10.7. The van der Waals surface area contributed by atoms with Crippen molar-refractivity contribution in [3.05, 3.63) is 23.4 Å². The number of fused-ring (bicyclic) bond motifs is 3. The first-order valence-corrected chi connectivity index (χ1v) is 6.17. The number of likely N-dealkylation sites (tertiary alicyclic amines) is 1. The highest BCUT2D eigenvalue weighted by Gasteiger charge is 2.40. The topological polar surface area (TPSA) is 45.1 Å². The number of dihydropyridines is 1. The van der Waals surface area contributed by atoms with E-state index in [2.05, 4.69) is 16.0 Å². The molecule has 0 aliphatic carbocycles. The zero-order valence-corrected chi connectivity index (χ0v) is 10.7. The lowest BCUT2D eigenvalue weighted by atomic mass is 9.85. The van der Waals surface area contributed by atoms with Gasteiger partial charge in [-0.05, 0) is 18.2 Å². The largest absolute Gasteiger partial charge is 0.298 e. The van der Waals surface area contributed by atoms with Crippen molar-refractivity contribution in [1.82, 2.24) is 9.96 Å². The lowest BCUT2D eigenvalue weighted by Crippen LogP contribution is -2.51. The maximum atomic E-state index is 11.7. The van der Waals surface area contributed by atoms with Gasteiger partial charge in [0.25, 0.3) is 0 Å². The van der Waals surface area contributed by atoms with Gasteiger partial charge in [0.15, 0.2) is 11.9 Å². The first kappa shape index (κ1) is 11.6. The number of aliphatic imine (C=N–C) groups is 1. The van der Waals surface area contributed by atoms with Crippen molar-refractivity contribution in [3.63, 3.8) is 0 Å². The van der Waals surface area contributed by atoms with Crippen molar-refractivity contribution in [3.8, 4) is 0 Å². The van der Waals surface area contributed by atoms with Crippen LogP contribution in [0.3, 0.4) is 0 Å². The summed E-state index contributed by atoms with van der Waals surface area (Å²) in [5.41, 5.74) is 2.34. The Morgan fingerprint density at radius 2 is 2.33 bits per heavy atom. The molecule has 0 amide bonds. The van der Waals surface area contributed by atoms with Gasteiger partial charge in [0.05, 0.1) is 19.7 Å². The number of likely N-dealkylation sites (N-methyl/N-ethyl adjacent to an activating group) is 1. The second-order valence-corrected chi connectivity index (χ2v) is 4.92. The SMILES string of the molecule is CON1C=C2CC(=O)CN(C)C2C2=CCC=NC21. The summed E-state index contributed by atoms with van der Waals surface area (Å²) in [6.45, 7) is 0.517. The van der Waals surface area contributed by atoms with E-state index in [0.717, 1.165) is 12.0 Å². The molecule has 3 aliphatic heterocycles. The fourth-order valence-corrected chi connectivity index (χ4v) is 3.01. The van der Waals surface area contributed by atoms with Gasteiger partial charge < -0.3 is 0 Å². The number of piperidine rings is 1. The van der Waals surface area contributed by atoms with Crippen molar-refractivity contribution in [2.45, 2.75) is 25.0 Å². The molecule has 3 rings (SSSR count). The monoisotopic (exact) mass is 247 g/mol. The van der Waals surface area contributed by atoms with Crippen LogP contribution in [0.15, 0.2) is 28.4 Å². The fraction of sp³-hybridized carbons (Fsp3) is 0.538. The minimum Gasteiger partial charge on any atom is -0.298 e. The smallest absolute Gasteiger partial charge is 0.168 e. The average molecular weight is 247 g/mol. The summed E-state index contributed by atoms with van der Waals surface area (Å²) in [4.78, 5) is 23.6. The number of nitrogens with zero attached hydrogens (tertiary/aromatic N) is 3. The zero-order chi connectivity index (χ0) is 12.7. The van der Waals surface area contributed by atoms with Gasteiger partial charge in [-0.25, -0.2) is 5.06 Å². The Labute approximate surface area is 106 Å². The van der Waals surface area contributed by atoms with Gasteiger partial charge >= 0.3 is 0 Å². The molecule has 3 aliphatic rings. The third kappa shape index (κ3) is 1.71. The van der Waals surface area contributed by atoms with Crippen LogP contribution in [-0.4, -0.2) is 54.9 Å². The molecule has 1 fully saturated rings. The maximum Gasteiger partial charge on any atom is 0.168 e. The molecule has 0 radical (unpaired) electrons. The van der Waals surface area contributed by atoms with Crippen LogP contribution in [0.5, 0.6) is 0 Å². The predicted octanol–water partition coefficient (Wildman–Crippen LogP) is 0.748. The van der Waals surface area contributed by atoms with Crippen LogP contribution in [-0.2, 0) is 9.63 Å². The number of rotatable bonds is 1. The number of allylic oxidation sites excluding steroid dienone is 1. The predicted molar refractivity (Wildman–Crippen MR) is 68.0 cm³/mol. The van der Waals surface area contributed by atoms with Crippen LogP contribution < -0.4 is 0 Å². The van der Waals surface area contributed by atoms with Crippen molar-refractivity contribution in [1.29, 1.82) is 0 Å². The molecular weight excluding hydrogens is 230 g/mol. The van der Waals surface area contributed by atoms with E-state index in [4.69, 9.17) is 4.84 Å². The number of carbonyl (C=O) groups excluding carboxylic acids is 1. The first-order valence-electron chi connectivity index (χ1n) is 6.17. The molecule has 0 spiro atoms. The number of hydroxylamine groups is 2. The molecule has 5 nitrogen and oxygen atoms in total. The minimum atomic E-state index is -0.0758. The standard InChI is InChI=1S/C13H17N3O2/c1-15-8-10(17)6-9-7-16(18-2)13-11(12(9)15)4-3-5-14-13/h4-5,7,12-13H,3,6,8H2,1-2H3. The summed E-state index contributed by atoms with van der Waals surface area (Å²) in [6.07, 6.45) is 7.34. The molecule has 0 N–H and O–H groups in total. The molecule has 96 valence electrons. The van der Waals surface area contributed by atoms with E-state index >= 15 is 0 Å². The Kier molecular flexibility index (Phi) is 2.80. The lowest BCUT2D eigenvalue weighted by molar-refractivity contribution is -0.126. The molecule has 0 aromatic heterocycles. The molecule has 18 heavy (non-hydrogen) atoms. The van der Waals surface area contributed by atoms with Crippen molar-refractivity contribution < 1.29 is 9.63 Å². The summed E-state index contributed by atoms with van der Waals surface area (Å²) < 4.78 is 0. The average Bonchev–Trinajstić information content (AvgIpc) is 2.36. The fourth-order valence-electron chi connectivity index (χ4n) is 3.01. The Bertz CT molecular complexity index is 467. The van der Waals surface area contributed by atoms with Gasteiger partial charge in [0, 0.05) is 25.3 Å². The van der Waals surface area contributed by atoms with E-state index in [1.807, 2.05) is 19.5 Å². The van der Waals surface area contributed by atoms with E-state index in [1.165, 1.54) is 5.57 Å². The van der Waals surface area contributed by atoms with Gasteiger partial charge in [-0.3, -0.25) is 19.5 Å². The Balaban J connectivity index is 2.03. The van der Waals surface area contributed by atoms with Crippen molar-refractivity contribution >= 4 is 12.0 Å². The maximum absolute atomic E-state index is 11.7. The summed E-state index contributed by atoms with van der Waals surface area (Å²) in [5.74, 6) is 0.259. The molecule has 3 heterocycles. The van der Waals surface area contributed by atoms with Crippen molar-refractivity contribution in [2.24, 2.45) is 4.99 Å². The van der Waals surface area contributed by atoms with Crippen LogP contribution in [0.1, 0.15) is 12.8 Å². The van der Waals surface area contributed by atoms with Crippen LogP contribution in [0.4, 0.5) is 0 Å². The van der Waals surface area contributed by atoms with E-state index in [9.17, 15) is 4.79 Å². The number of ketones is 1. The van der Waals surface area contributed by atoms with E-state index in [1.54, 1.807) is 12.2 Å². The highest BCUT2D eigenvalue weighted by Crippen LogP contribution is 2.35. The molecule has 2 unspecified atom stereocenters. The quantitative estimate of drug-likeness (QED) is 0.641. The normalized spacial score (nSPS) is 31.7. The van der Waals surface area contributed by atoms with Gasteiger partial charge in [-0.1, -0.05) is 6.08 Å². The Morgan fingerprint density at radius 3 is 3.11 bits per heavy atom. The molecule has 0 saturated carbocycles. The lowest BCUT2D eigenvalue weighted by Gasteiger charge is -2.44. The molecular formula is C13H17N3O2. The molecule has 1 saturated heterocycles. The minimum absolute atomic E-state index is 0.0758. The van der Waals surface area contributed by atoms with Gasteiger partial charge in [-0.2, -0.15) is 0 Å².